The first-order valence-corrected chi connectivity index (χ1v) is 5.63. The number of benzene rings is 1. The second-order valence-electron chi connectivity index (χ2n) is 3.95. The molecule has 0 bridgehead atoms. The number of aromatic nitrogens is 2. The molecule has 0 atom stereocenters. The van der Waals surface area contributed by atoms with Crippen molar-refractivity contribution in [3.8, 4) is 0 Å². The quantitative estimate of drug-likeness (QED) is 0.759. The van der Waals surface area contributed by atoms with Crippen LogP contribution in [-0.4, -0.2) is 9.97 Å². The third-order valence-corrected chi connectivity index (χ3v) is 2.62. The van der Waals surface area contributed by atoms with Gasteiger partial charge in [-0.2, -0.15) is 0 Å². The van der Waals surface area contributed by atoms with Crippen molar-refractivity contribution in [1.29, 1.82) is 0 Å². The Hall–Kier alpha value is -1.70. The lowest BCUT2D eigenvalue weighted by Gasteiger charge is -2.04. The van der Waals surface area contributed by atoms with Gasteiger partial charge in [-0.3, -0.25) is 0 Å². The van der Waals surface area contributed by atoms with E-state index in [1.165, 1.54) is 5.56 Å². The van der Waals surface area contributed by atoms with Gasteiger partial charge in [-0.1, -0.05) is 25.1 Å². The Kier molecular flexibility index (Phi) is 3.00. The largest absolute Gasteiger partial charge is 0.249 e. The summed E-state index contributed by atoms with van der Waals surface area (Å²) in [5.41, 5.74) is 5.13. The van der Waals surface area contributed by atoms with E-state index in [2.05, 4.69) is 36.0 Å². The van der Waals surface area contributed by atoms with Crippen LogP contribution in [-0.2, 0) is 0 Å². The summed E-state index contributed by atoms with van der Waals surface area (Å²) in [6.07, 6.45) is 5.18. The molecule has 0 aliphatic carbocycles. The molecule has 1 aromatic carbocycles. The van der Waals surface area contributed by atoms with E-state index < -0.39 is 0 Å². The Morgan fingerprint density at radius 1 is 1.19 bits per heavy atom. The average molecular weight is 212 g/mol. The lowest BCUT2D eigenvalue weighted by atomic mass is 10.2. The van der Waals surface area contributed by atoms with Gasteiger partial charge in [-0.15, -0.1) is 0 Å². The predicted molar refractivity (Wildman–Crippen MR) is 68.3 cm³/mol. The van der Waals surface area contributed by atoms with E-state index in [9.17, 15) is 0 Å². The van der Waals surface area contributed by atoms with E-state index in [4.69, 9.17) is 0 Å². The lowest BCUT2D eigenvalue weighted by Crippen LogP contribution is -1.94. The summed E-state index contributed by atoms with van der Waals surface area (Å²) in [5.74, 6) is 0. The van der Waals surface area contributed by atoms with Crippen molar-refractivity contribution in [1.82, 2.24) is 9.97 Å². The number of rotatable bonds is 2. The minimum absolute atomic E-state index is 0.972. The summed E-state index contributed by atoms with van der Waals surface area (Å²) in [7, 11) is 0. The standard InChI is InChI=1S/C14H16N2/c1-4-5-8-12-11(3)15-14-10(2)7-6-9-13(14)16-12/h5-9H,4H2,1-3H3/b8-5+. The topological polar surface area (TPSA) is 25.8 Å². The third-order valence-electron chi connectivity index (χ3n) is 2.62. The van der Waals surface area contributed by atoms with Gasteiger partial charge in [0.05, 0.1) is 22.4 Å². The molecule has 2 aromatic rings. The van der Waals surface area contributed by atoms with Gasteiger partial charge >= 0.3 is 0 Å². The Labute approximate surface area is 96.1 Å². The molecule has 16 heavy (non-hydrogen) atoms. The van der Waals surface area contributed by atoms with E-state index in [0.717, 1.165) is 28.8 Å². The van der Waals surface area contributed by atoms with Gasteiger partial charge in [0.2, 0.25) is 0 Å². The van der Waals surface area contributed by atoms with Crippen LogP contribution in [0, 0.1) is 13.8 Å². The summed E-state index contributed by atoms with van der Waals surface area (Å²) in [6.45, 7) is 6.19. The molecule has 0 amide bonds. The van der Waals surface area contributed by atoms with E-state index in [0.29, 0.717) is 0 Å². The lowest BCUT2D eigenvalue weighted by molar-refractivity contribution is 1.15. The average Bonchev–Trinajstić information content (AvgIpc) is 2.28. The summed E-state index contributed by atoms with van der Waals surface area (Å²) >= 11 is 0. The van der Waals surface area contributed by atoms with Crippen LogP contribution < -0.4 is 0 Å². The van der Waals surface area contributed by atoms with E-state index in [1.807, 2.05) is 25.1 Å². The van der Waals surface area contributed by atoms with E-state index in [1.54, 1.807) is 0 Å². The molecule has 0 saturated heterocycles. The molecular formula is C14H16N2. The fourth-order valence-electron chi connectivity index (χ4n) is 1.70. The number of hydrogen-bond acceptors (Lipinski definition) is 2. The van der Waals surface area contributed by atoms with Crippen molar-refractivity contribution in [2.24, 2.45) is 0 Å². The highest BCUT2D eigenvalue weighted by molar-refractivity contribution is 5.79. The molecule has 0 fully saturated rings. The fraction of sp³-hybridized carbons (Fsp3) is 0.286. The Morgan fingerprint density at radius 2 is 2.00 bits per heavy atom. The fourth-order valence-corrected chi connectivity index (χ4v) is 1.70. The van der Waals surface area contributed by atoms with Crippen LogP contribution in [0.2, 0.25) is 0 Å². The first-order valence-electron chi connectivity index (χ1n) is 5.63. The number of aryl methyl sites for hydroxylation is 2. The number of fused-ring (bicyclic) bond motifs is 1. The van der Waals surface area contributed by atoms with Gasteiger partial charge in [0.1, 0.15) is 0 Å². The third kappa shape index (κ3) is 1.96. The molecule has 0 spiro atoms. The van der Waals surface area contributed by atoms with Gasteiger partial charge in [0, 0.05) is 0 Å². The molecule has 0 N–H and O–H groups in total. The summed E-state index contributed by atoms with van der Waals surface area (Å²) in [5, 5.41) is 0. The molecule has 0 unspecified atom stereocenters. The first kappa shape index (κ1) is 10.8. The van der Waals surface area contributed by atoms with Crippen LogP contribution in [0.3, 0.4) is 0 Å². The Morgan fingerprint density at radius 3 is 2.75 bits per heavy atom. The maximum atomic E-state index is 4.62. The minimum Gasteiger partial charge on any atom is -0.249 e. The van der Waals surface area contributed by atoms with Gasteiger partial charge in [0.15, 0.2) is 0 Å². The molecule has 82 valence electrons. The number of hydrogen-bond donors (Lipinski definition) is 0. The molecule has 2 nitrogen and oxygen atoms in total. The summed E-state index contributed by atoms with van der Waals surface area (Å²) in [4.78, 5) is 9.24. The predicted octanol–water partition coefficient (Wildman–Crippen LogP) is 3.67. The van der Waals surface area contributed by atoms with Crippen LogP contribution in [0.4, 0.5) is 0 Å². The van der Waals surface area contributed by atoms with Gasteiger partial charge in [0.25, 0.3) is 0 Å². The monoisotopic (exact) mass is 212 g/mol. The van der Waals surface area contributed by atoms with Crippen LogP contribution in [0.5, 0.6) is 0 Å². The highest BCUT2D eigenvalue weighted by atomic mass is 14.8. The normalized spacial score (nSPS) is 11.4. The Balaban J connectivity index is 2.63. The molecule has 2 rings (SSSR count). The number of allylic oxidation sites excluding steroid dienone is 1. The van der Waals surface area contributed by atoms with Gasteiger partial charge in [-0.25, -0.2) is 9.97 Å². The maximum absolute atomic E-state index is 4.62. The van der Waals surface area contributed by atoms with Crippen LogP contribution in [0.1, 0.15) is 30.3 Å². The second kappa shape index (κ2) is 4.44. The van der Waals surface area contributed by atoms with Crippen molar-refractivity contribution >= 4 is 17.1 Å². The highest BCUT2D eigenvalue weighted by Gasteiger charge is 2.03. The summed E-state index contributed by atoms with van der Waals surface area (Å²) in [6, 6.07) is 6.10. The number of para-hydroxylation sites is 1. The SMILES string of the molecule is CC/C=C/c1nc2cccc(C)c2nc1C. The zero-order chi connectivity index (χ0) is 11.5. The van der Waals surface area contributed by atoms with Crippen molar-refractivity contribution in [2.45, 2.75) is 27.2 Å². The van der Waals surface area contributed by atoms with Crippen LogP contribution >= 0.6 is 0 Å². The first-order chi connectivity index (χ1) is 7.72. The molecular weight excluding hydrogens is 196 g/mol. The van der Waals surface area contributed by atoms with Crippen molar-refractivity contribution in [2.75, 3.05) is 0 Å². The molecule has 0 radical (unpaired) electrons. The van der Waals surface area contributed by atoms with Crippen molar-refractivity contribution < 1.29 is 0 Å². The van der Waals surface area contributed by atoms with E-state index >= 15 is 0 Å². The zero-order valence-electron chi connectivity index (χ0n) is 9.99. The summed E-state index contributed by atoms with van der Waals surface area (Å²) < 4.78 is 0. The van der Waals surface area contributed by atoms with Crippen LogP contribution in [0.15, 0.2) is 24.3 Å². The van der Waals surface area contributed by atoms with Crippen molar-refractivity contribution in [3.63, 3.8) is 0 Å². The highest BCUT2D eigenvalue weighted by Crippen LogP contribution is 2.17. The zero-order valence-corrected chi connectivity index (χ0v) is 9.99. The smallest absolute Gasteiger partial charge is 0.0919 e. The molecule has 0 aliphatic heterocycles. The molecule has 1 heterocycles. The van der Waals surface area contributed by atoms with Gasteiger partial charge < -0.3 is 0 Å². The van der Waals surface area contributed by atoms with Crippen LogP contribution in [0.25, 0.3) is 17.1 Å². The molecule has 0 aliphatic rings. The number of nitrogens with zero attached hydrogens (tertiary/aromatic N) is 2. The van der Waals surface area contributed by atoms with Crippen molar-refractivity contribution in [3.05, 3.63) is 41.2 Å². The molecule has 1 aromatic heterocycles. The minimum atomic E-state index is 0.972. The maximum Gasteiger partial charge on any atom is 0.0919 e. The van der Waals surface area contributed by atoms with E-state index in [-0.39, 0.29) is 0 Å². The Bertz CT molecular complexity index is 542. The second-order valence-corrected chi connectivity index (χ2v) is 3.95. The van der Waals surface area contributed by atoms with Gasteiger partial charge in [-0.05, 0) is 38.0 Å². The molecule has 2 heteroatoms. The molecule has 0 saturated carbocycles.